The fourth-order valence-corrected chi connectivity index (χ4v) is 3.85. The van der Waals surface area contributed by atoms with Crippen molar-refractivity contribution in [2.24, 2.45) is 0 Å². The average molecular weight is 306 g/mol. The maximum atomic E-state index is 12.5. The number of amides is 1. The van der Waals surface area contributed by atoms with Crippen molar-refractivity contribution in [2.45, 2.75) is 25.4 Å². The fourth-order valence-electron chi connectivity index (χ4n) is 2.91. The summed E-state index contributed by atoms with van der Waals surface area (Å²) in [6, 6.07) is 8.00. The van der Waals surface area contributed by atoms with E-state index in [0.29, 0.717) is 6.61 Å². The summed E-state index contributed by atoms with van der Waals surface area (Å²) in [7, 11) is 0. The molecule has 0 aliphatic carbocycles. The van der Waals surface area contributed by atoms with Crippen molar-refractivity contribution in [1.82, 2.24) is 10.2 Å². The highest BCUT2D eigenvalue weighted by atomic mass is 32.2. The van der Waals surface area contributed by atoms with Crippen molar-refractivity contribution in [2.75, 3.05) is 31.2 Å². The number of hydrogen-bond donors (Lipinski definition) is 1. The number of benzene rings is 1. The van der Waals surface area contributed by atoms with Crippen LogP contribution in [0, 0.1) is 0 Å². The Morgan fingerprint density at radius 2 is 2.14 bits per heavy atom. The Kier molecular flexibility index (Phi) is 4.70. The highest BCUT2D eigenvalue weighted by Gasteiger charge is 2.27. The van der Waals surface area contributed by atoms with Gasteiger partial charge >= 0.3 is 0 Å². The van der Waals surface area contributed by atoms with Crippen LogP contribution in [0.4, 0.5) is 0 Å². The Labute approximate surface area is 130 Å². The van der Waals surface area contributed by atoms with E-state index >= 15 is 0 Å². The van der Waals surface area contributed by atoms with Gasteiger partial charge in [0.25, 0.3) is 0 Å². The van der Waals surface area contributed by atoms with Crippen LogP contribution in [0.3, 0.4) is 0 Å². The predicted octanol–water partition coefficient (Wildman–Crippen LogP) is 2.06. The molecule has 21 heavy (non-hydrogen) atoms. The molecule has 1 fully saturated rings. The summed E-state index contributed by atoms with van der Waals surface area (Å²) in [5, 5.41) is 3.20. The van der Waals surface area contributed by atoms with Gasteiger partial charge in [0.1, 0.15) is 5.75 Å². The Morgan fingerprint density at radius 1 is 1.38 bits per heavy atom. The summed E-state index contributed by atoms with van der Waals surface area (Å²) in [6.07, 6.45) is 0.839. The lowest BCUT2D eigenvalue weighted by molar-refractivity contribution is -0.126. The van der Waals surface area contributed by atoms with Crippen LogP contribution in [0.2, 0.25) is 0 Å². The third-order valence-electron chi connectivity index (χ3n) is 4.25. The number of carbonyl (C=O) groups excluding carboxylic acids is 1. The molecule has 1 aromatic rings. The monoisotopic (exact) mass is 306 g/mol. The summed E-state index contributed by atoms with van der Waals surface area (Å²) in [6.45, 7) is 4.68. The van der Waals surface area contributed by atoms with Crippen LogP contribution in [-0.4, -0.2) is 48.1 Å². The average Bonchev–Trinajstić information content (AvgIpc) is 2.55. The number of thioether (sulfide) groups is 1. The molecule has 1 aromatic carbocycles. The van der Waals surface area contributed by atoms with Gasteiger partial charge < -0.3 is 10.1 Å². The first kappa shape index (κ1) is 14.7. The molecule has 0 spiro atoms. The number of ether oxygens (including phenoxy) is 1. The molecule has 5 heteroatoms. The Balaban J connectivity index is 1.65. The maximum absolute atomic E-state index is 12.5. The van der Waals surface area contributed by atoms with Gasteiger partial charge in [-0.15, -0.1) is 0 Å². The van der Waals surface area contributed by atoms with Gasteiger partial charge in [-0.25, -0.2) is 0 Å². The van der Waals surface area contributed by atoms with Crippen LogP contribution in [-0.2, 0) is 4.79 Å². The number of nitrogens with zero attached hydrogens (tertiary/aromatic N) is 1. The second-order valence-corrected chi connectivity index (χ2v) is 6.79. The van der Waals surface area contributed by atoms with Gasteiger partial charge in [-0.3, -0.25) is 9.69 Å². The summed E-state index contributed by atoms with van der Waals surface area (Å²) < 4.78 is 5.65. The normalized spacial score (nSPS) is 23.8. The third-order valence-corrected chi connectivity index (χ3v) is 5.19. The standard InChI is InChI=1S/C16H22N2O2S/c1-12(18-7-10-21-11-8-18)16(19)17-14-6-9-20-15-5-3-2-4-13(14)15/h2-5,12,14H,6-11H2,1H3,(H,17,19)/t12-,14-/m1/s1. The lowest BCUT2D eigenvalue weighted by atomic mass is 10.00. The topological polar surface area (TPSA) is 41.6 Å². The second kappa shape index (κ2) is 6.71. The van der Waals surface area contributed by atoms with Crippen LogP contribution in [0.15, 0.2) is 24.3 Å². The van der Waals surface area contributed by atoms with Crippen molar-refractivity contribution < 1.29 is 9.53 Å². The number of nitrogens with one attached hydrogen (secondary N) is 1. The molecule has 0 unspecified atom stereocenters. The Morgan fingerprint density at radius 3 is 2.95 bits per heavy atom. The SMILES string of the molecule is C[C@H](C(=O)N[C@@H]1CCOc2ccccc21)N1CCSCC1. The van der Waals surface area contributed by atoms with E-state index in [0.717, 1.165) is 42.3 Å². The van der Waals surface area contributed by atoms with Crippen molar-refractivity contribution in [3.05, 3.63) is 29.8 Å². The van der Waals surface area contributed by atoms with Crippen LogP contribution >= 0.6 is 11.8 Å². The van der Waals surface area contributed by atoms with Crippen molar-refractivity contribution in [1.29, 1.82) is 0 Å². The van der Waals surface area contributed by atoms with Gasteiger partial charge in [-0.1, -0.05) is 18.2 Å². The molecule has 114 valence electrons. The molecule has 2 aliphatic rings. The first-order valence-electron chi connectivity index (χ1n) is 7.59. The quantitative estimate of drug-likeness (QED) is 0.928. The van der Waals surface area contributed by atoms with Crippen molar-refractivity contribution >= 4 is 17.7 Å². The molecule has 0 aromatic heterocycles. The third kappa shape index (κ3) is 3.35. The minimum absolute atomic E-state index is 0.0547. The van der Waals surface area contributed by atoms with E-state index in [1.165, 1.54) is 0 Å². The molecule has 1 amide bonds. The molecule has 4 nitrogen and oxygen atoms in total. The highest BCUT2D eigenvalue weighted by molar-refractivity contribution is 7.99. The van der Waals surface area contributed by atoms with E-state index in [9.17, 15) is 4.79 Å². The fraction of sp³-hybridized carbons (Fsp3) is 0.562. The van der Waals surface area contributed by atoms with Gasteiger partial charge in [0, 0.05) is 36.6 Å². The first-order chi connectivity index (χ1) is 10.3. The minimum Gasteiger partial charge on any atom is -0.493 e. The Bertz CT molecular complexity index is 503. The number of rotatable bonds is 3. The van der Waals surface area contributed by atoms with Crippen LogP contribution in [0.1, 0.15) is 24.9 Å². The van der Waals surface area contributed by atoms with Gasteiger partial charge in [-0.05, 0) is 13.0 Å². The van der Waals surface area contributed by atoms with Gasteiger partial charge in [0.05, 0.1) is 18.7 Å². The molecule has 2 atom stereocenters. The molecule has 1 saturated heterocycles. The molecule has 3 rings (SSSR count). The molecule has 2 aliphatic heterocycles. The molecular formula is C16H22N2O2S. The van der Waals surface area contributed by atoms with Crippen LogP contribution in [0.25, 0.3) is 0 Å². The van der Waals surface area contributed by atoms with E-state index < -0.39 is 0 Å². The first-order valence-corrected chi connectivity index (χ1v) is 8.75. The summed E-state index contributed by atoms with van der Waals surface area (Å²) in [5.41, 5.74) is 1.10. The van der Waals surface area contributed by atoms with E-state index in [4.69, 9.17) is 4.74 Å². The zero-order valence-corrected chi connectivity index (χ0v) is 13.2. The summed E-state index contributed by atoms with van der Waals surface area (Å²) in [4.78, 5) is 14.8. The van der Waals surface area contributed by atoms with Gasteiger partial charge in [0.15, 0.2) is 0 Å². The van der Waals surface area contributed by atoms with E-state index in [1.807, 2.05) is 43.0 Å². The predicted molar refractivity (Wildman–Crippen MR) is 85.8 cm³/mol. The van der Waals surface area contributed by atoms with Crippen LogP contribution < -0.4 is 10.1 Å². The van der Waals surface area contributed by atoms with Crippen LogP contribution in [0.5, 0.6) is 5.75 Å². The maximum Gasteiger partial charge on any atom is 0.237 e. The number of fused-ring (bicyclic) bond motifs is 1. The van der Waals surface area contributed by atoms with Gasteiger partial charge in [0.2, 0.25) is 5.91 Å². The Hall–Kier alpha value is -1.20. The van der Waals surface area contributed by atoms with Crippen molar-refractivity contribution in [3.63, 3.8) is 0 Å². The molecule has 0 radical (unpaired) electrons. The molecule has 0 saturated carbocycles. The summed E-state index contributed by atoms with van der Waals surface area (Å²) in [5.74, 6) is 3.27. The highest BCUT2D eigenvalue weighted by Crippen LogP contribution is 2.31. The van der Waals surface area contributed by atoms with E-state index in [2.05, 4.69) is 10.2 Å². The second-order valence-electron chi connectivity index (χ2n) is 5.56. The zero-order chi connectivity index (χ0) is 14.7. The number of hydrogen-bond acceptors (Lipinski definition) is 4. The smallest absolute Gasteiger partial charge is 0.237 e. The molecular weight excluding hydrogens is 284 g/mol. The lowest BCUT2D eigenvalue weighted by Gasteiger charge is -2.33. The number of carbonyl (C=O) groups is 1. The molecule has 1 N–H and O–H groups in total. The van der Waals surface area contributed by atoms with Crippen molar-refractivity contribution in [3.8, 4) is 5.75 Å². The largest absolute Gasteiger partial charge is 0.493 e. The lowest BCUT2D eigenvalue weighted by Crippen LogP contribution is -2.49. The van der Waals surface area contributed by atoms with Gasteiger partial charge in [-0.2, -0.15) is 11.8 Å². The zero-order valence-electron chi connectivity index (χ0n) is 12.4. The molecule has 2 heterocycles. The van der Waals surface area contributed by atoms with E-state index in [-0.39, 0.29) is 18.0 Å². The minimum atomic E-state index is -0.0547. The summed E-state index contributed by atoms with van der Waals surface area (Å²) >= 11 is 1.96. The molecule has 0 bridgehead atoms. The van der Waals surface area contributed by atoms with E-state index in [1.54, 1.807) is 0 Å². The number of para-hydroxylation sites is 1.